The van der Waals surface area contributed by atoms with Crippen LogP contribution in [0.3, 0.4) is 0 Å². The monoisotopic (exact) mass is 373 g/mol. The van der Waals surface area contributed by atoms with Crippen molar-refractivity contribution in [1.82, 2.24) is 5.43 Å². The molecule has 5 heteroatoms. The van der Waals surface area contributed by atoms with E-state index in [-0.39, 0.29) is 11.8 Å². The Morgan fingerprint density at radius 1 is 0.964 bits per heavy atom. The van der Waals surface area contributed by atoms with Crippen LogP contribution in [0.4, 0.5) is 5.69 Å². The van der Waals surface area contributed by atoms with Crippen molar-refractivity contribution < 1.29 is 9.59 Å². The topological polar surface area (TPSA) is 70.6 Å². The van der Waals surface area contributed by atoms with Crippen LogP contribution in [0.5, 0.6) is 0 Å². The standard InChI is InChI=1S/C23H23N3O2/c1-2-3-8-22(27)25-21-13-11-19(12-14-21)23(28)26-24-16-17-9-10-18-6-4-5-7-20(18)15-17/h4-7,9-16H,2-3,8H2,1H3,(H,25,27)(H,26,28)/b24-16+. The minimum Gasteiger partial charge on any atom is -0.326 e. The van der Waals surface area contributed by atoms with E-state index in [0.717, 1.165) is 29.2 Å². The van der Waals surface area contributed by atoms with Crippen LogP contribution in [-0.4, -0.2) is 18.0 Å². The van der Waals surface area contributed by atoms with Crippen LogP contribution >= 0.6 is 0 Å². The predicted octanol–water partition coefficient (Wildman–Crippen LogP) is 4.73. The molecule has 28 heavy (non-hydrogen) atoms. The van der Waals surface area contributed by atoms with Gasteiger partial charge in [0.15, 0.2) is 0 Å². The highest BCUT2D eigenvalue weighted by Crippen LogP contribution is 2.14. The van der Waals surface area contributed by atoms with Crippen LogP contribution in [0.2, 0.25) is 0 Å². The molecule has 142 valence electrons. The number of amides is 2. The highest BCUT2D eigenvalue weighted by Gasteiger charge is 2.06. The van der Waals surface area contributed by atoms with Gasteiger partial charge in [0.25, 0.3) is 5.91 Å². The van der Waals surface area contributed by atoms with Crippen molar-refractivity contribution in [3.63, 3.8) is 0 Å². The van der Waals surface area contributed by atoms with E-state index >= 15 is 0 Å². The second-order valence-electron chi connectivity index (χ2n) is 6.53. The van der Waals surface area contributed by atoms with Gasteiger partial charge < -0.3 is 5.32 Å². The third-order valence-corrected chi connectivity index (χ3v) is 4.34. The summed E-state index contributed by atoms with van der Waals surface area (Å²) in [6.45, 7) is 2.04. The molecule has 0 fully saturated rings. The number of benzene rings is 3. The minimum absolute atomic E-state index is 0.0148. The first-order valence-corrected chi connectivity index (χ1v) is 9.38. The van der Waals surface area contributed by atoms with E-state index in [2.05, 4.69) is 15.8 Å². The Labute approximate surface area is 164 Å². The third kappa shape index (κ3) is 5.27. The number of carbonyl (C=O) groups excluding carboxylic acids is 2. The van der Waals surface area contributed by atoms with Crippen molar-refractivity contribution in [2.45, 2.75) is 26.2 Å². The molecule has 3 aromatic carbocycles. The van der Waals surface area contributed by atoms with Crippen molar-refractivity contribution in [1.29, 1.82) is 0 Å². The fourth-order valence-electron chi connectivity index (χ4n) is 2.78. The Morgan fingerprint density at radius 3 is 2.46 bits per heavy atom. The highest BCUT2D eigenvalue weighted by atomic mass is 16.2. The van der Waals surface area contributed by atoms with Crippen LogP contribution in [0.25, 0.3) is 10.8 Å². The summed E-state index contributed by atoms with van der Waals surface area (Å²) < 4.78 is 0. The summed E-state index contributed by atoms with van der Waals surface area (Å²) in [5, 5.41) is 9.13. The largest absolute Gasteiger partial charge is 0.326 e. The van der Waals surface area contributed by atoms with E-state index in [0.29, 0.717) is 17.7 Å². The Hall–Kier alpha value is -3.47. The number of nitrogens with one attached hydrogen (secondary N) is 2. The maximum atomic E-state index is 12.2. The van der Waals surface area contributed by atoms with Gasteiger partial charge in [0, 0.05) is 17.7 Å². The molecule has 0 aliphatic carbocycles. The first-order valence-electron chi connectivity index (χ1n) is 9.38. The second kappa shape index (κ2) is 9.46. The van der Waals surface area contributed by atoms with Gasteiger partial charge in [-0.15, -0.1) is 0 Å². The van der Waals surface area contributed by atoms with Crippen LogP contribution in [0.1, 0.15) is 42.1 Å². The van der Waals surface area contributed by atoms with Gasteiger partial charge in [-0.05, 0) is 53.1 Å². The lowest BCUT2D eigenvalue weighted by Gasteiger charge is -2.06. The zero-order chi connectivity index (χ0) is 19.8. The molecule has 2 amide bonds. The average molecular weight is 373 g/mol. The first kappa shape index (κ1) is 19.3. The van der Waals surface area contributed by atoms with Gasteiger partial charge in [-0.25, -0.2) is 5.43 Å². The molecule has 5 nitrogen and oxygen atoms in total. The minimum atomic E-state index is -0.305. The molecule has 0 aliphatic rings. The molecular formula is C23H23N3O2. The van der Waals surface area contributed by atoms with E-state index in [1.807, 2.05) is 49.4 Å². The molecule has 0 saturated heterocycles. The Morgan fingerprint density at radius 2 is 1.71 bits per heavy atom. The fraction of sp³-hybridized carbons (Fsp3) is 0.174. The maximum absolute atomic E-state index is 12.2. The van der Waals surface area contributed by atoms with Crippen molar-refractivity contribution in [2.75, 3.05) is 5.32 Å². The fourth-order valence-corrected chi connectivity index (χ4v) is 2.78. The Kier molecular flexibility index (Phi) is 6.52. The van der Waals surface area contributed by atoms with E-state index < -0.39 is 0 Å². The van der Waals surface area contributed by atoms with Crippen molar-refractivity contribution >= 4 is 34.5 Å². The zero-order valence-corrected chi connectivity index (χ0v) is 15.8. The number of carbonyl (C=O) groups is 2. The molecule has 0 unspecified atom stereocenters. The molecule has 0 aliphatic heterocycles. The van der Waals surface area contributed by atoms with E-state index in [1.165, 1.54) is 0 Å². The number of nitrogens with zero attached hydrogens (tertiary/aromatic N) is 1. The molecule has 0 spiro atoms. The molecule has 3 aromatic rings. The van der Waals surface area contributed by atoms with Crippen molar-refractivity contribution in [3.05, 3.63) is 77.9 Å². The van der Waals surface area contributed by atoms with Crippen molar-refractivity contribution in [3.8, 4) is 0 Å². The van der Waals surface area contributed by atoms with E-state index in [1.54, 1.807) is 30.5 Å². The molecule has 0 atom stereocenters. The van der Waals surface area contributed by atoms with E-state index in [4.69, 9.17) is 0 Å². The van der Waals surface area contributed by atoms with Gasteiger partial charge in [0.05, 0.1) is 6.21 Å². The molecule has 0 saturated carbocycles. The summed E-state index contributed by atoms with van der Waals surface area (Å²) in [4.78, 5) is 23.9. The normalized spacial score (nSPS) is 10.9. The van der Waals surface area contributed by atoms with Gasteiger partial charge in [0.2, 0.25) is 5.91 Å². The highest BCUT2D eigenvalue weighted by molar-refractivity contribution is 5.96. The van der Waals surface area contributed by atoms with Crippen molar-refractivity contribution in [2.24, 2.45) is 5.10 Å². The maximum Gasteiger partial charge on any atom is 0.271 e. The number of hydrogen-bond acceptors (Lipinski definition) is 3. The van der Waals surface area contributed by atoms with Crippen LogP contribution in [0, 0.1) is 0 Å². The summed E-state index contributed by atoms with van der Waals surface area (Å²) in [7, 11) is 0. The predicted molar refractivity (Wildman–Crippen MR) is 114 cm³/mol. The molecule has 0 bridgehead atoms. The number of anilines is 1. The molecule has 0 heterocycles. The smallest absolute Gasteiger partial charge is 0.271 e. The van der Waals surface area contributed by atoms with Crippen LogP contribution in [0.15, 0.2) is 71.8 Å². The lowest BCUT2D eigenvalue weighted by Crippen LogP contribution is -2.17. The number of fused-ring (bicyclic) bond motifs is 1. The molecule has 3 rings (SSSR count). The van der Waals surface area contributed by atoms with Gasteiger partial charge >= 0.3 is 0 Å². The average Bonchev–Trinajstić information content (AvgIpc) is 2.72. The molecule has 2 N–H and O–H groups in total. The molecule has 0 aromatic heterocycles. The zero-order valence-electron chi connectivity index (χ0n) is 15.8. The molecule has 0 radical (unpaired) electrons. The SMILES string of the molecule is CCCCC(=O)Nc1ccc(C(=O)N/N=C/c2ccc3ccccc3c2)cc1. The van der Waals surface area contributed by atoms with Gasteiger partial charge in [-0.3, -0.25) is 9.59 Å². The summed E-state index contributed by atoms with van der Waals surface area (Å²) >= 11 is 0. The van der Waals surface area contributed by atoms with Gasteiger partial charge in [-0.2, -0.15) is 5.10 Å². The number of hydrazone groups is 1. The summed E-state index contributed by atoms with van der Waals surface area (Å²) in [6.07, 6.45) is 3.96. The Bertz CT molecular complexity index is 994. The summed E-state index contributed by atoms with van der Waals surface area (Å²) in [6, 6.07) is 20.8. The van der Waals surface area contributed by atoms with Crippen LogP contribution in [-0.2, 0) is 4.79 Å². The molecular weight excluding hydrogens is 350 g/mol. The third-order valence-electron chi connectivity index (χ3n) is 4.34. The lowest BCUT2D eigenvalue weighted by molar-refractivity contribution is -0.116. The Balaban J connectivity index is 1.56. The summed E-state index contributed by atoms with van der Waals surface area (Å²) in [5.41, 5.74) is 4.59. The van der Waals surface area contributed by atoms with E-state index in [9.17, 15) is 9.59 Å². The summed E-state index contributed by atoms with van der Waals surface area (Å²) in [5.74, 6) is -0.320. The number of rotatable bonds is 7. The first-order chi connectivity index (χ1) is 13.7. The quantitative estimate of drug-likeness (QED) is 0.464. The van der Waals surface area contributed by atoms with Gasteiger partial charge in [0.1, 0.15) is 0 Å². The number of hydrogen-bond donors (Lipinski definition) is 2. The van der Waals surface area contributed by atoms with Gasteiger partial charge in [-0.1, -0.05) is 49.7 Å². The lowest BCUT2D eigenvalue weighted by atomic mass is 10.1. The van der Waals surface area contributed by atoms with Crippen LogP contribution < -0.4 is 10.7 Å². The number of unbranched alkanes of at least 4 members (excludes halogenated alkanes) is 1. The second-order valence-corrected chi connectivity index (χ2v) is 6.53.